The number of nitro benzene ring substituents is 1. The predicted molar refractivity (Wildman–Crippen MR) is 61.4 cm³/mol. The topological polar surface area (TPSA) is 90.2 Å². The molecule has 0 fully saturated rings. The lowest BCUT2D eigenvalue weighted by Crippen LogP contribution is -2.07. The highest BCUT2D eigenvalue weighted by molar-refractivity contribution is 5.48. The van der Waals surface area contributed by atoms with Crippen LogP contribution in [0.15, 0.2) is 24.3 Å². The number of hydrogen-bond acceptors (Lipinski definition) is 4. The summed E-state index contributed by atoms with van der Waals surface area (Å²) in [5.74, 6) is 0.560. The summed E-state index contributed by atoms with van der Waals surface area (Å²) in [7, 11) is 0. The van der Waals surface area contributed by atoms with Crippen LogP contribution in [-0.4, -0.2) is 11.5 Å². The number of rotatable bonds is 4. The van der Waals surface area contributed by atoms with E-state index >= 15 is 0 Å². The summed E-state index contributed by atoms with van der Waals surface area (Å²) in [4.78, 5) is 9.97. The van der Waals surface area contributed by atoms with E-state index in [1.807, 2.05) is 0 Å². The molecule has 0 amide bonds. The molecule has 84 valence electrons. The molecule has 0 heterocycles. The normalized spacial score (nSPS) is 9.53. The zero-order chi connectivity index (χ0) is 10.6. The maximum atomic E-state index is 10.4. The second-order valence-corrected chi connectivity index (χ2v) is 3.58. The van der Waals surface area contributed by atoms with Gasteiger partial charge in [0.15, 0.2) is 0 Å². The van der Waals surface area contributed by atoms with Gasteiger partial charge >= 0.3 is 0 Å². The van der Waals surface area contributed by atoms with Gasteiger partial charge in [0, 0.05) is 24.4 Å². The highest BCUT2D eigenvalue weighted by atomic mass is 16.6. The minimum atomic E-state index is -0.397. The van der Waals surface area contributed by atoms with E-state index in [1.165, 1.54) is 12.1 Å². The summed E-state index contributed by atoms with van der Waals surface area (Å²) in [5.41, 5.74) is 1.05. The Morgan fingerprint density at radius 1 is 1.33 bits per heavy atom. The highest BCUT2D eigenvalue weighted by Gasteiger charge is 2.03. The van der Waals surface area contributed by atoms with E-state index in [1.54, 1.807) is 12.1 Å². The van der Waals surface area contributed by atoms with Gasteiger partial charge in [0.05, 0.1) is 4.92 Å². The van der Waals surface area contributed by atoms with Crippen molar-refractivity contribution in [2.45, 2.75) is 13.8 Å². The molecule has 0 saturated carbocycles. The molecular weight excluding hydrogens is 194 g/mol. The molecule has 4 N–H and O–H groups in total. The average molecular weight is 211 g/mol. The Bertz CT molecular complexity index is 309. The Morgan fingerprint density at radius 3 is 2.27 bits per heavy atom. The molecule has 1 rings (SSSR count). The number of benzene rings is 1. The van der Waals surface area contributed by atoms with Crippen LogP contribution in [0.2, 0.25) is 0 Å². The number of nitrogens with zero attached hydrogens (tertiary/aromatic N) is 1. The number of nitro groups is 1. The standard InChI is InChI=1S/C10H14N2O2.H3N/c1-8(2)7-11-9-3-5-10(6-4-9)12(13)14;/h3-6,8,11H,7H2,1-2H3;1H3. The molecule has 0 saturated heterocycles. The molecule has 0 atom stereocenters. The minimum absolute atomic E-state index is 0. The molecule has 0 aliphatic rings. The third-order valence-corrected chi connectivity index (χ3v) is 1.79. The van der Waals surface area contributed by atoms with Gasteiger partial charge in [-0.05, 0) is 18.1 Å². The van der Waals surface area contributed by atoms with Crippen LogP contribution in [0.4, 0.5) is 11.4 Å². The molecule has 0 aliphatic carbocycles. The van der Waals surface area contributed by atoms with Crippen molar-refractivity contribution < 1.29 is 4.92 Å². The first-order chi connectivity index (χ1) is 6.59. The summed E-state index contributed by atoms with van der Waals surface area (Å²) in [6.45, 7) is 5.09. The average Bonchev–Trinajstić information content (AvgIpc) is 2.15. The van der Waals surface area contributed by atoms with Crippen LogP contribution in [0.25, 0.3) is 0 Å². The van der Waals surface area contributed by atoms with E-state index in [9.17, 15) is 10.1 Å². The van der Waals surface area contributed by atoms with Crippen LogP contribution in [0.5, 0.6) is 0 Å². The van der Waals surface area contributed by atoms with Crippen LogP contribution in [0, 0.1) is 16.0 Å². The van der Waals surface area contributed by atoms with Gasteiger partial charge in [0.2, 0.25) is 0 Å². The monoisotopic (exact) mass is 211 g/mol. The maximum absolute atomic E-state index is 10.4. The summed E-state index contributed by atoms with van der Waals surface area (Å²) in [5, 5.41) is 13.6. The Kier molecular flexibility index (Phi) is 5.33. The lowest BCUT2D eigenvalue weighted by molar-refractivity contribution is -0.384. The Morgan fingerprint density at radius 2 is 1.87 bits per heavy atom. The molecule has 0 bridgehead atoms. The number of non-ortho nitro benzene ring substituents is 1. The molecule has 0 unspecified atom stereocenters. The maximum Gasteiger partial charge on any atom is 0.269 e. The highest BCUT2D eigenvalue weighted by Crippen LogP contribution is 2.15. The first-order valence-electron chi connectivity index (χ1n) is 4.58. The summed E-state index contributed by atoms with van der Waals surface area (Å²) in [6, 6.07) is 6.45. The third kappa shape index (κ3) is 4.42. The van der Waals surface area contributed by atoms with E-state index in [2.05, 4.69) is 19.2 Å². The summed E-state index contributed by atoms with van der Waals surface area (Å²) < 4.78 is 0. The molecule has 5 nitrogen and oxygen atoms in total. The van der Waals surface area contributed by atoms with Crippen molar-refractivity contribution in [2.24, 2.45) is 5.92 Å². The molecule has 0 aliphatic heterocycles. The zero-order valence-electron chi connectivity index (χ0n) is 9.06. The van der Waals surface area contributed by atoms with E-state index in [0.29, 0.717) is 5.92 Å². The Balaban J connectivity index is 0.00000196. The Hall–Kier alpha value is -1.62. The number of anilines is 1. The van der Waals surface area contributed by atoms with Gasteiger partial charge in [0.25, 0.3) is 5.69 Å². The van der Waals surface area contributed by atoms with E-state index < -0.39 is 4.92 Å². The molecule has 1 aromatic carbocycles. The van der Waals surface area contributed by atoms with Crippen LogP contribution in [0.1, 0.15) is 13.8 Å². The fourth-order valence-electron chi connectivity index (χ4n) is 1.02. The van der Waals surface area contributed by atoms with Gasteiger partial charge in [0.1, 0.15) is 0 Å². The number of nitrogens with one attached hydrogen (secondary N) is 1. The van der Waals surface area contributed by atoms with Crippen molar-refractivity contribution >= 4 is 11.4 Å². The van der Waals surface area contributed by atoms with Gasteiger partial charge in [-0.2, -0.15) is 0 Å². The predicted octanol–water partition coefficient (Wildman–Crippen LogP) is 2.82. The van der Waals surface area contributed by atoms with E-state index in [-0.39, 0.29) is 11.8 Å². The van der Waals surface area contributed by atoms with Crippen LogP contribution >= 0.6 is 0 Å². The minimum Gasteiger partial charge on any atom is -0.385 e. The first-order valence-corrected chi connectivity index (χ1v) is 4.58. The van der Waals surface area contributed by atoms with Crippen molar-refractivity contribution in [2.75, 3.05) is 11.9 Å². The molecule has 0 radical (unpaired) electrons. The summed E-state index contributed by atoms with van der Waals surface area (Å²) >= 11 is 0. The Labute approximate surface area is 89.2 Å². The van der Waals surface area contributed by atoms with Gasteiger partial charge in [-0.1, -0.05) is 13.8 Å². The summed E-state index contributed by atoms with van der Waals surface area (Å²) in [6.07, 6.45) is 0. The first kappa shape index (κ1) is 13.4. The fourth-order valence-corrected chi connectivity index (χ4v) is 1.02. The van der Waals surface area contributed by atoms with Crippen LogP contribution in [-0.2, 0) is 0 Å². The van der Waals surface area contributed by atoms with Crippen molar-refractivity contribution in [3.8, 4) is 0 Å². The molecule has 0 spiro atoms. The number of hydrogen-bond donors (Lipinski definition) is 2. The molecule has 1 aromatic rings. The van der Waals surface area contributed by atoms with Crippen LogP contribution in [0.3, 0.4) is 0 Å². The smallest absolute Gasteiger partial charge is 0.269 e. The van der Waals surface area contributed by atoms with Gasteiger partial charge in [-0.25, -0.2) is 0 Å². The van der Waals surface area contributed by atoms with Gasteiger partial charge in [-0.15, -0.1) is 0 Å². The lowest BCUT2D eigenvalue weighted by Gasteiger charge is -2.07. The SMILES string of the molecule is CC(C)CNc1ccc([N+](=O)[O-])cc1.N. The zero-order valence-corrected chi connectivity index (χ0v) is 9.06. The van der Waals surface area contributed by atoms with Crippen molar-refractivity contribution in [1.29, 1.82) is 0 Å². The third-order valence-electron chi connectivity index (χ3n) is 1.79. The molecule has 15 heavy (non-hydrogen) atoms. The quantitative estimate of drug-likeness (QED) is 0.591. The van der Waals surface area contributed by atoms with Crippen LogP contribution < -0.4 is 11.5 Å². The van der Waals surface area contributed by atoms with Gasteiger partial charge < -0.3 is 11.5 Å². The van der Waals surface area contributed by atoms with Crippen molar-refractivity contribution in [3.63, 3.8) is 0 Å². The van der Waals surface area contributed by atoms with Gasteiger partial charge in [-0.3, -0.25) is 10.1 Å². The second kappa shape index (κ2) is 5.98. The molecular formula is C10H17N3O2. The van der Waals surface area contributed by atoms with Crippen molar-refractivity contribution in [3.05, 3.63) is 34.4 Å². The molecule has 5 heteroatoms. The second-order valence-electron chi connectivity index (χ2n) is 3.58. The fraction of sp³-hybridized carbons (Fsp3) is 0.400. The largest absolute Gasteiger partial charge is 0.385 e. The van der Waals surface area contributed by atoms with Crippen molar-refractivity contribution in [1.82, 2.24) is 6.15 Å². The van der Waals surface area contributed by atoms with E-state index in [0.717, 1.165) is 12.2 Å². The lowest BCUT2D eigenvalue weighted by atomic mass is 10.2. The molecule has 0 aromatic heterocycles. The van der Waals surface area contributed by atoms with E-state index in [4.69, 9.17) is 0 Å².